The highest BCUT2D eigenvalue weighted by Gasteiger charge is 2.06. The second-order valence-corrected chi connectivity index (χ2v) is 5.68. The van der Waals surface area contributed by atoms with Gasteiger partial charge in [-0.2, -0.15) is 0 Å². The molecule has 0 atom stereocenters. The van der Waals surface area contributed by atoms with Crippen LogP contribution in [0.2, 0.25) is 0 Å². The Hall–Kier alpha value is -0.600. The monoisotopic (exact) mass is 310 g/mol. The molecule has 0 aromatic heterocycles. The van der Waals surface area contributed by atoms with Crippen molar-refractivity contribution in [2.75, 3.05) is 13.2 Å². The van der Waals surface area contributed by atoms with Gasteiger partial charge >= 0.3 is 0 Å². The van der Waals surface area contributed by atoms with Crippen LogP contribution in [0.4, 0.5) is 0 Å². The lowest BCUT2D eigenvalue weighted by Crippen LogP contribution is -2.17. The molecule has 0 aliphatic carbocycles. The van der Waals surface area contributed by atoms with Crippen molar-refractivity contribution >= 4 is 0 Å². The molecule has 2 heteroatoms. The number of hydrogen-bond acceptors (Lipinski definition) is 2. The average Bonchev–Trinajstić information content (AvgIpc) is 2.52. The second-order valence-electron chi connectivity index (χ2n) is 5.68. The lowest BCUT2D eigenvalue weighted by atomic mass is 10.1. The van der Waals surface area contributed by atoms with Crippen LogP contribution in [0.25, 0.3) is 0 Å². The molecule has 0 bridgehead atoms. The first kappa shape index (κ1) is 21.4. The Labute approximate surface area is 139 Å². The van der Waals surface area contributed by atoms with Crippen LogP contribution in [-0.2, 0) is 9.47 Å². The summed E-state index contributed by atoms with van der Waals surface area (Å²) in [5.41, 5.74) is 0. The Morgan fingerprint density at radius 2 is 1.23 bits per heavy atom. The zero-order valence-corrected chi connectivity index (χ0v) is 15.2. The summed E-state index contributed by atoms with van der Waals surface area (Å²) in [6.45, 7) is 7.77. The van der Waals surface area contributed by atoms with Crippen molar-refractivity contribution in [2.24, 2.45) is 0 Å². The molecule has 0 radical (unpaired) electrons. The molecule has 0 saturated carbocycles. The van der Waals surface area contributed by atoms with Crippen molar-refractivity contribution in [2.45, 2.75) is 91.3 Å². The van der Waals surface area contributed by atoms with Gasteiger partial charge in [-0.15, -0.1) is 0 Å². The molecule has 0 amide bonds. The van der Waals surface area contributed by atoms with E-state index in [4.69, 9.17) is 9.47 Å². The van der Waals surface area contributed by atoms with E-state index < -0.39 is 0 Å². The van der Waals surface area contributed by atoms with Gasteiger partial charge < -0.3 is 9.47 Å². The maximum Gasteiger partial charge on any atom is 0.157 e. The minimum Gasteiger partial charge on any atom is -0.353 e. The molecule has 0 aromatic rings. The number of unbranched alkanes of at least 4 members (excludes halogenated alkanes) is 7. The number of rotatable bonds is 16. The largest absolute Gasteiger partial charge is 0.353 e. The van der Waals surface area contributed by atoms with Gasteiger partial charge in [0, 0.05) is 13.2 Å². The summed E-state index contributed by atoms with van der Waals surface area (Å²) in [5, 5.41) is 0. The van der Waals surface area contributed by atoms with Crippen LogP contribution in [0.3, 0.4) is 0 Å². The Morgan fingerprint density at radius 3 is 1.82 bits per heavy atom. The molecule has 0 aromatic carbocycles. The fourth-order valence-electron chi connectivity index (χ4n) is 2.36. The van der Waals surface area contributed by atoms with Gasteiger partial charge in [-0.25, -0.2) is 0 Å². The Bertz CT molecular complexity index is 252. The maximum absolute atomic E-state index is 5.55. The lowest BCUT2D eigenvalue weighted by Gasteiger charge is -2.16. The van der Waals surface area contributed by atoms with E-state index in [1.54, 1.807) is 0 Å². The highest BCUT2D eigenvalue weighted by molar-refractivity contribution is 5.02. The first-order valence-corrected chi connectivity index (χ1v) is 9.39. The van der Waals surface area contributed by atoms with Gasteiger partial charge in [-0.05, 0) is 46.0 Å². The van der Waals surface area contributed by atoms with Crippen molar-refractivity contribution in [3.63, 3.8) is 0 Å². The predicted molar refractivity (Wildman–Crippen MR) is 97.2 cm³/mol. The average molecular weight is 311 g/mol. The van der Waals surface area contributed by atoms with E-state index in [-0.39, 0.29) is 6.29 Å². The molecule has 22 heavy (non-hydrogen) atoms. The van der Waals surface area contributed by atoms with E-state index in [0.717, 1.165) is 19.6 Å². The number of hydrogen-bond donors (Lipinski definition) is 0. The van der Waals surface area contributed by atoms with Gasteiger partial charge in [0.05, 0.1) is 0 Å². The van der Waals surface area contributed by atoms with Crippen LogP contribution in [-0.4, -0.2) is 19.5 Å². The minimum atomic E-state index is 0.0115. The molecule has 0 unspecified atom stereocenters. The van der Waals surface area contributed by atoms with Gasteiger partial charge in [-0.1, -0.05) is 63.3 Å². The van der Waals surface area contributed by atoms with E-state index in [0.29, 0.717) is 0 Å². The Balaban J connectivity index is 3.35. The summed E-state index contributed by atoms with van der Waals surface area (Å²) in [6.07, 6.45) is 21.5. The quantitative estimate of drug-likeness (QED) is 0.186. The molecule has 0 N–H and O–H groups in total. The molecule has 0 heterocycles. The fourth-order valence-corrected chi connectivity index (χ4v) is 2.36. The first-order valence-electron chi connectivity index (χ1n) is 9.39. The Morgan fingerprint density at radius 1 is 0.682 bits per heavy atom. The zero-order valence-electron chi connectivity index (χ0n) is 15.2. The summed E-state index contributed by atoms with van der Waals surface area (Å²) in [6, 6.07) is 0. The number of ether oxygens (including phenoxy) is 2. The van der Waals surface area contributed by atoms with Crippen molar-refractivity contribution in [1.82, 2.24) is 0 Å². The second kappa shape index (κ2) is 18.4. The molecular weight excluding hydrogens is 272 g/mol. The topological polar surface area (TPSA) is 18.5 Å². The summed E-state index contributed by atoms with van der Waals surface area (Å²) in [5.74, 6) is 0. The zero-order chi connectivity index (χ0) is 16.3. The molecule has 0 fully saturated rings. The van der Waals surface area contributed by atoms with Crippen LogP contribution in [0.5, 0.6) is 0 Å². The van der Waals surface area contributed by atoms with E-state index in [2.05, 4.69) is 31.2 Å². The first-order chi connectivity index (χ1) is 10.8. The summed E-state index contributed by atoms with van der Waals surface area (Å²) >= 11 is 0. The van der Waals surface area contributed by atoms with E-state index >= 15 is 0 Å². The van der Waals surface area contributed by atoms with Gasteiger partial charge in [-0.3, -0.25) is 0 Å². The smallest absolute Gasteiger partial charge is 0.157 e. The van der Waals surface area contributed by atoms with Gasteiger partial charge in [0.1, 0.15) is 0 Å². The predicted octanol–water partition coefficient (Wildman–Crippen LogP) is 6.42. The standard InChI is InChI=1S/C20H38O2/c1-4-7-8-9-10-11-12-13-14-15-16-17-18-19-20(21-5-2)22-6-3/h9-12,20H,4-8,13-19H2,1-3H3/b10-9-,12-11+. The van der Waals surface area contributed by atoms with Crippen LogP contribution in [0.15, 0.2) is 24.3 Å². The van der Waals surface area contributed by atoms with Crippen LogP contribution in [0, 0.1) is 0 Å². The van der Waals surface area contributed by atoms with Crippen molar-refractivity contribution in [3.8, 4) is 0 Å². The Kier molecular flexibility index (Phi) is 17.9. The molecule has 0 spiro atoms. The molecule has 0 aliphatic heterocycles. The molecule has 2 nitrogen and oxygen atoms in total. The van der Waals surface area contributed by atoms with E-state index in [1.807, 2.05) is 13.8 Å². The summed E-state index contributed by atoms with van der Waals surface area (Å²) < 4.78 is 11.1. The SMILES string of the molecule is CCCC/C=C\C=C\CCCCCCCC(OCC)OCC. The lowest BCUT2D eigenvalue weighted by molar-refractivity contribution is -0.140. The third-order valence-electron chi connectivity index (χ3n) is 3.62. The maximum atomic E-state index is 5.55. The van der Waals surface area contributed by atoms with Crippen LogP contribution < -0.4 is 0 Å². The highest BCUT2D eigenvalue weighted by atomic mass is 16.7. The van der Waals surface area contributed by atoms with Gasteiger partial charge in [0.25, 0.3) is 0 Å². The summed E-state index contributed by atoms with van der Waals surface area (Å²) in [4.78, 5) is 0. The van der Waals surface area contributed by atoms with Crippen molar-refractivity contribution in [1.29, 1.82) is 0 Å². The third-order valence-corrected chi connectivity index (χ3v) is 3.62. The highest BCUT2D eigenvalue weighted by Crippen LogP contribution is 2.11. The van der Waals surface area contributed by atoms with E-state index in [1.165, 1.54) is 57.8 Å². The molecule has 0 rings (SSSR count). The van der Waals surface area contributed by atoms with Gasteiger partial charge in [0.15, 0.2) is 6.29 Å². The summed E-state index contributed by atoms with van der Waals surface area (Å²) in [7, 11) is 0. The van der Waals surface area contributed by atoms with Crippen LogP contribution in [0.1, 0.15) is 85.0 Å². The fraction of sp³-hybridized carbons (Fsp3) is 0.800. The minimum absolute atomic E-state index is 0.0115. The van der Waals surface area contributed by atoms with Gasteiger partial charge in [0.2, 0.25) is 0 Å². The molecular formula is C20H38O2. The molecule has 0 saturated heterocycles. The number of allylic oxidation sites excluding steroid dienone is 4. The van der Waals surface area contributed by atoms with E-state index in [9.17, 15) is 0 Å². The third kappa shape index (κ3) is 15.8. The van der Waals surface area contributed by atoms with Crippen molar-refractivity contribution < 1.29 is 9.47 Å². The van der Waals surface area contributed by atoms with Crippen LogP contribution >= 0.6 is 0 Å². The normalized spacial score (nSPS) is 12.2. The molecule has 0 aliphatic rings. The van der Waals surface area contributed by atoms with Crippen molar-refractivity contribution in [3.05, 3.63) is 24.3 Å². The molecule has 130 valence electrons.